The van der Waals surface area contributed by atoms with E-state index in [0.29, 0.717) is 19.8 Å². The smallest absolute Gasteiger partial charge is 0.243 e. The van der Waals surface area contributed by atoms with Gasteiger partial charge in [-0.2, -0.15) is 4.31 Å². The van der Waals surface area contributed by atoms with Gasteiger partial charge in [-0.05, 0) is 55.8 Å². The fourth-order valence-electron chi connectivity index (χ4n) is 3.64. The molecule has 0 spiro atoms. The lowest BCUT2D eigenvalue weighted by Crippen LogP contribution is -2.41. The lowest BCUT2D eigenvalue weighted by molar-refractivity contribution is -0.120. The molecule has 1 heterocycles. The van der Waals surface area contributed by atoms with Gasteiger partial charge in [0.25, 0.3) is 0 Å². The number of carbonyl (C=O) groups is 1. The normalized spacial score (nSPS) is 15.9. The van der Waals surface area contributed by atoms with Crippen molar-refractivity contribution in [2.45, 2.75) is 24.8 Å². The van der Waals surface area contributed by atoms with Gasteiger partial charge in [0.05, 0.1) is 42.7 Å². The SMILES string of the molecule is CCOc1ccc(C(C)NC(=O)CN(c2ccc(S(=O)(=O)N3CCOCC3)cc2)S(C)(=O)=O)cc1. The van der Waals surface area contributed by atoms with Crippen LogP contribution in [0.4, 0.5) is 5.69 Å². The maximum Gasteiger partial charge on any atom is 0.243 e. The summed E-state index contributed by atoms with van der Waals surface area (Å²) in [4.78, 5) is 12.7. The number of nitrogens with zero attached hydrogens (tertiary/aromatic N) is 2. The zero-order valence-electron chi connectivity index (χ0n) is 20.0. The zero-order chi connectivity index (χ0) is 25.6. The highest BCUT2D eigenvalue weighted by atomic mass is 32.2. The van der Waals surface area contributed by atoms with E-state index in [9.17, 15) is 21.6 Å². The van der Waals surface area contributed by atoms with E-state index in [1.165, 1.54) is 28.6 Å². The number of hydrogen-bond acceptors (Lipinski definition) is 7. The molecule has 1 amide bonds. The molecule has 12 heteroatoms. The number of morpholine rings is 1. The van der Waals surface area contributed by atoms with Crippen molar-refractivity contribution in [3.63, 3.8) is 0 Å². The third-order valence-electron chi connectivity index (χ3n) is 5.49. The first kappa shape index (κ1) is 26.9. The highest BCUT2D eigenvalue weighted by Gasteiger charge is 2.27. The van der Waals surface area contributed by atoms with Crippen LogP contribution in [0, 0.1) is 0 Å². The van der Waals surface area contributed by atoms with Crippen LogP contribution < -0.4 is 14.4 Å². The molecule has 1 N–H and O–H groups in total. The molecule has 1 aliphatic rings. The predicted octanol–water partition coefficient (Wildman–Crippen LogP) is 1.75. The van der Waals surface area contributed by atoms with Gasteiger partial charge in [0.1, 0.15) is 12.3 Å². The summed E-state index contributed by atoms with van der Waals surface area (Å²) in [6, 6.07) is 12.4. The average molecular weight is 526 g/mol. The van der Waals surface area contributed by atoms with Crippen LogP contribution in [-0.2, 0) is 29.6 Å². The van der Waals surface area contributed by atoms with Gasteiger partial charge in [-0.25, -0.2) is 16.8 Å². The minimum atomic E-state index is -3.81. The fraction of sp³-hybridized carbons (Fsp3) is 0.435. The van der Waals surface area contributed by atoms with E-state index in [0.717, 1.165) is 21.9 Å². The summed E-state index contributed by atoms with van der Waals surface area (Å²) in [6.07, 6.45) is 0.995. The number of anilines is 1. The maximum absolute atomic E-state index is 12.8. The van der Waals surface area contributed by atoms with Crippen LogP contribution in [-0.4, -0.2) is 72.8 Å². The predicted molar refractivity (Wildman–Crippen MR) is 132 cm³/mol. The molecule has 0 aliphatic carbocycles. The number of nitrogens with one attached hydrogen (secondary N) is 1. The molecule has 1 aliphatic heterocycles. The van der Waals surface area contributed by atoms with Crippen LogP contribution in [0.15, 0.2) is 53.4 Å². The van der Waals surface area contributed by atoms with E-state index >= 15 is 0 Å². The van der Waals surface area contributed by atoms with Crippen LogP contribution in [0.3, 0.4) is 0 Å². The van der Waals surface area contributed by atoms with E-state index in [4.69, 9.17) is 9.47 Å². The van der Waals surface area contributed by atoms with Gasteiger partial charge in [0.2, 0.25) is 26.0 Å². The molecule has 0 radical (unpaired) electrons. The fourth-order valence-corrected chi connectivity index (χ4v) is 5.91. The summed E-state index contributed by atoms with van der Waals surface area (Å²) in [7, 11) is -7.53. The van der Waals surface area contributed by atoms with Crippen molar-refractivity contribution in [3.05, 3.63) is 54.1 Å². The van der Waals surface area contributed by atoms with E-state index in [1.807, 2.05) is 19.1 Å². The summed E-state index contributed by atoms with van der Waals surface area (Å²) in [5.41, 5.74) is 1.03. The Balaban J connectivity index is 1.71. The molecule has 35 heavy (non-hydrogen) atoms. The quantitative estimate of drug-likeness (QED) is 0.501. The molecule has 10 nitrogen and oxygen atoms in total. The van der Waals surface area contributed by atoms with Gasteiger partial charge in [-0.1, -0.05) is 12.1 Å². The van der Waals surface area contributed by atoms with Crippen molar-refractivity contribution in [2.75, 3.05) is 50.0 Å². The number of benzene rings is 2. The highest BCUT2D eigenvalue weighted by molar-refractivity contribution is 7.92. The Kier molecular flexibility index (Phi) is 8.75. The van der Waals surface area contributed by atoms with Crippen LogP contribution in [0.25, 0.3) is 0 Å². The van der Waals surface area contributed by atoms with Crippen molar-refractivity contribution >= 4 is 31.6 Å². The van der Waals surface area contributed by atoms with Gasteiger partial charge in [-0.15, -0.1) is 0 Å². The van der Waals surface area contributed by atoms with Gasteiger partial charge in [0, 0.05) is 13.1 Å². The van der Waals surface area contributed by atoms with Crippen molar-refractivity contribution in [2.24, 2.45) is 0 Å². The minimum absolute atomic E-state index is 0.0465. The van der Waals surface area contributed by atoms with Gasteiger partial charge >= 0.3 is 0 Å². The van der Waals surface area contributed by atoms with E-state index < -0.39 is 32.5 Å². The van der Waals surface area contributed by atoms with Crippen molar-refractivity contribution in [1.82, 2.24) is 9.62 Å². The molecule has 192 valence electrons. The summed E-state index contributed by atoms with van der Waals surface area (Å²) in [6.45, 7) is 4.94. The summed E-state index contributed by atoms with van der Waals surface area (Å²) in [5, 5.41) is 2.80. The first-order valence-electron chi connectivity index (χ1n) is 11.2. The van der Waals surface area contributed by atoms with Gasteiger partial charge in [-0.3, -0.25) is 9.10 Å². The third-order valence-corrected chi connectivity index (χ3v) is 8.54. The number of ether oxygens (including phenoxy) is 2. The average Bonchev–Trinajstić information content (AvgIpc) is 2.83. The number of rotatable bonds is 10. The number of sulfonamides is 2. The van der Waals surface area contributed by atoms with E-state index in [-0.39, 0.29) is 29.7 Å². The number of carbonyl (C=O) groups excluding carboxylic acids is 1. The summed E-state index contributed by atoms with van der Waals surface area (Å²) >= 11 is 0. The zero-order valence-corrected chi connectivity index (χ0v) is 21.6. The monoisotopic (exact) mass is 525 g/mol. The summed E-state index contributed by atoms with van der Waals surface area (Å²) in [5.74, 6) is 0.221. The van der Waals surface area contributed by atoms with Gasteiger partial charge < -0.3 is 14.8 Å². The maximum atomic E-state index is 12.8. The molecule has 2 aromatic carbocycles. The second kappa shape index (κ2) is 11.4. The Morgan fingerprint density at radius 3 is 2.20 bits per heavy atom. The number of amides is 1. The molecule has 3 rings (SSSR count). The van der Waals surface area contributed by atoms with Crippen molar-refractivity contribution < 1.29 is 31.1 Å². The van der Waals surface area contributed by atoms with E-state index in [2.05, 4.69) is 5.32 Å². The Hall–Kier alpha value is -2.67. The first-order valence-corrected chi connectivity index (χ1v) is 14.5. The summed E-state index contributed by atoms with van der Waals surface area (Å²) < 4.78 is 63.4. The number of hydrogen-bond donors (Lipinski definition) is 1. The molecular weight excluding hydrogens is 494 g/mol. The molecule has 0 saturated carbocycles. The molecule has 1 saturated heterocycles. The first-order chi connectivity index (χ1) is 16.5. The Morgan fingerprint density at radius 2 is 1.66 bits per heavy atom. The molecule has 1 fully saturated rings. The van der Waals surface area contributed by atoms with Crippen LogP contribution >= 0.6 is 0 Å². The molecule has 0 aromatic heterocycles. The van der Waals surface area contributed by atoms with Gasteiger partial charge in [0.15, 0.2) is 0 Å². The highest BCUT2D eigenvalue weighted by Crippen LogP contribution is 2.23. The topological polar surface area (TPSA) is 122 Å². The standard InChI is InChI=1S/C23H31N3O7S2/c1-4-33-21-9-5-19(6-10-21)18(2)24-23(27)17-26(34(3,28)29)20-7-11-22(12-8-20)35(30,31)25-13-15-32-16-14-25/h5-12,18H,4,13-17H2,1-3H3,(H,24,27). The molecule has 0 bridgehead atoms. The van der Waals surface area contributed by atoms with Crippen LogP contribution in [0.2, 0.25) is 0 Å². The van der Waals surface area contributed by atoms with E-state index in [1.54, 1.807) is 19.1 Å². The van der Waals surface area contributed by atoms with Crippen molar-refractivity contribution in [1.29, 1.82) is 0 Å². The second-order valence-corrected chi connectivity index (χ2v) is 11.9. The lowest BCUT2D eigenvalue weighted by Gasteiger charge is -2.26. The molecular formula is C23H31N3O7S2. The third kappa shape index (κ3) is 6.94. The Morgan fingerprint density at radius 1 is 1.06 bits per heavy atom. The Labute approximate surface area is 206 Å². The van der Waals surface area contributed by atoms with Crippen LogP contribution in [0.1, 0.15) is 25.5 Å². The second-order valence-electron chi connectivity index (χ2n) is 8.07. The molecule has 2 aromatic rings. The largest absolute Gasteiger partial charge is 0.494 e. The minimum Gasteiger partial charge on any atom is -0.494 e. The molecule has 1 unspecified atom stereocenters. The molecule has 1 atom stereocenters. The van der Waals surface area contributed by atoms with Crippen molar-refractivity contribution in [3.8, 4) is 5.75 Å². The van der Waals surface area contributed by atoms with Crippen LogP contribution in [0.5, 0.6) is 5.75 Å². The lowest BCUT2D eigenvalue weighted by atomic mass is 10.1. The Bertz CT molecular complexity index is 1210.